The highest BCUT2D eigenvalue weighted by Gasteiger charge is 2.30. The lowest BCUT2D eigenvalue weighted by Crippen LogP contribution is -2.47. The van der Waals surface area contributed by atoms with Gasteiger partial charge in [-0.3, -0.25) is 18.6 Å². The Hall–Kier alpha value is -1.25. The monoisotopic (exact) mass is 1040 g/mol. The summed E-state index contributed by atoms with van der Waals surface area (Å²) < 4.78 is 30.7. The van der Waals surface area contributed by atoms with Gasteiger partial charge in [0.2, 0.25) is 5.91 Å². The number of quaternary nitrogens is 1. The van der Waals surface area contributed by atoms with Gasteiger partial charge in [0, 0.05) is 12.8 Å². The first-order valence-corrected chi connectivity index (χ1v) is 33.0. The fraction of sp³-hybridized carbons (Fsp3) is 0.935. The number of nitrogens with one attached hydrogen (secondary N) is 1. The van der Waals surface area contributed by atoms with Crippen molar-refractivity contribution in [2.45, 2.75) is 335 Å². The highest BCUT2D eigenvalue weighted by Crippen LogP contribution is 2.43. The quantitative estimate of drug-likeness (QED) is 0.0205. The fourth-order valence-electron chi connectivity index (χ4n) is 9.59. The number of likely N-dealkylation sites (N-methyl/N-ethyl adjacent to an activating group) is 1. The Labute approximate surface area is 448 Å². The number of carbonyl (C=O) groups is 2. The third kappa shape index (κ3) is 53.6. The van der Waals surface area contributed by atoms with Gasteiger partial charge in [-0.25, -0.2) is 4.57 Å². The average molecular weight is 1040 g/mol. The maximum absolute atomic E-state index is 13.5. The normalized spacial score (nSPS) is 13.7. The Morgan fingerprint density at radius 2 is 0.792 bits per heavy atom. The summed E-state index contributed by atoms with van der Waals surface area (Å²) in [7, 11) is 1.52. The predicted molar refractivity (Wildman–Crippen MR) is 310 cm³/mol. The van der Waals surface area contributed by atoms with E-state index in [1.54, 1.807) is 0 Å². The van der Waals surface area contributed by atoms with Crippen LogP contribution in [0, 0.1) is 0 Å². The van der Waals surface area contributed by atoms with Gasteiger partial charge in [-0.1, -0.05) is 290 Å². The number of carbonyl (C=O) groups excluding carboxylic acids is 2. The van der Waals surface area contributed by atoms with Crippen LogP contribution in [0.4, 0.5) is 0 Å². The first kappa shape index (κ1) is 70.8. The minimum Gasteiger partial charge on any atom is -0.456 e. The summed E-state index contributed by atoms with van der Waals surface area (Å²) in [5.74, 6) is -0.486. The maximum atomic E-state index is 13.5. The molecule has 428 valence electrons. The molecule has 9 nitrogen and oxygen atoms in total. The minimum absolute atomic E-state index is 0.0455. The van der Waals surface area contributed by atoms with Gasteiger partial charge in [-0.05, 0) is 31.8 Å². The molecular weight excluding hydrogens is 916 g/mol. The summed E-state index contributed by atoms with van der Waals surface area (Å²) >= 11 is 0. The van der Waals surface area contributed by atoms with Crippen molar-refractivity contribution in [1.29, 1.82) is 0 Å². The first-order chi connectivity index (χ1) is 34.9. The number of phosphoric ester groups is 1. The van der Waals surface area contributed by atoms with E-state index in [2.05, 4.69) is 26.1 Å². The molecule has 3 unspecified atom stereocenters. The van der Waals surface area contributed by atoms with Gasteiger partial charge in [-0.2, -0.15) is 0 Å². The molecule has 0 aliphatic rings. The van der Waals surface area contributed by atoms with Gasteiger partial charge >= 0.3 is 13.8 Å². The molecule has 0 radical (unpaired) electrons. The van der Waals surface area contributed by atoms with E-state index >= 15 is 0 Å². The van der Waals surface area contributed by atoms with Gasteiger partial charge < -0.3 is 19.4 Å². The summed E-state index contributed by atoms with van der Waals surface area (Å²) in [5.41, 5.74) is 0. The summed E-state index contributed by atoms with van der Waals surface area (Å²) in [6.45, 7) is 7.05. The number of hydrogen-bond acceptors (Lipinski definition) is 6. The zero-order valence-corrected chi connectivity index (χ0v) is 49.9. The number of amides is 1. The second-order valence-electron chi connectivity index (χ2n) is 23.0. The van der Waals surface area contributed by atoms with E-state index in [1.165, 1.54) is 231 Å². The van der Waals surface area contributed by atoms with Crippen LogP contribution in [0.2, 0.25) is 0 Å². The number of nitrogens with zero attached hydrogens (tertiary/aromatic N) is 1. The van der Waals surface area contributed by atoms with Crippen LogP contribution in [0.5, 0.6) is 0 Å². The molecule has 2 N–H and O–H groups in total. The van der Waals surface area contributed by atoms with Crippen LogP contribution in [-0.4, -0.2) is 74.3 Å². The van der Waals surface area contributed by atoms with E-state index in [0.29, 0.717) is 23.9 Å². The summed E-state index contributed by atoms with van der Waals surface area (Å²) in [4.78, 5) is 37.6. The molecule has 0 aliphatic heterocycles. The van der Waals surface area contributed by atoms with Crippen LogP contribution in [0.1, 0.15) is 323 Å². The average Bonchev–Trinajstić information content (AvgIpc) is 3.34. The topological polar surface area (TPSA) is 111 Å². The Morgan fingerprint density at radius 3 is 1.14 bits per heavy atom. The van der Waals surface area contributed by atoms with Crippen molar-refractivity contribution in [3.63, 3.8) is 0 Å². The van der Waals surface area contributed by atoms with Crippen molar-refractivity contribution >= 4 is 19.7 Å². The van der Waals surface area contributed by atoms with Crippen LogP contribution in [0.25, 0.3) is 0 Å². The number of unbranched alkanes of at least 4 members (excludes halogenated alkanes) is 42. The lowest BCUT2D eigenvalue weighted by Gasteiger charge is -2.27. The highest BCUT2D eigenvalue weighted by molar-refractivity contribution is 7.47. The van der Waals surface area contributed by atoms with Crippen molar-refractivity contribution in [3.8, 4) is 0 Å². The van der Waals surface area contributed by atoms with E-state index in [0.717, 1.165) is 57.8 Å². The van der Waals surface area contributed by atoms with Crippen LogP contribution in [-0.2, 0) is 27.9 Å². The Kier molecular flexibility index (Phi) is 52.2. The number of phosphoric acid groups is 1. The van der Waals surface area contributed by atoms with Crippen molar-refractivity contribution in [1.82, 2.24) is 5.32 Å². The molecule has 0 aromatic carbocycles. The van der Waals surface area contributed by atoms with Gasteiger partial charge in [0.05, 0.1) is 33.8 Å². The van der Waals surface area contributed by atoms with Crippen molar-refractivity contribution in [2.75, 3.05) is 40.9 Å². The SMILES string of the molecule is CCCCCCCCCCCC/C=C\C(OC(=O)CCCCCCCCCCCCCCCCCCCCCCCCC)C(COP(=O)(O)OCC[N+](C)(C)C)NC(=O)CCCCCCCCCCCCC. The molecule has 3 atom stereocenters. The molecule has 1 amide bonds. The zero-order valence-electron chi connectivity index (χ0n) is 49.0. The van der Waals surface area contributed by atoms with Gasteiger partial charge in [0.1, 0.15) is 19.3 Å². The second-order valence-corrected chi connectivity index (χ2v) is 24.4. The molecule has 0 bridgehead atoms. The standard InChI is InChI=1S/C62H123N2O7P/c1-7-10-13-16-19-22-25-27-28-29-30-31-32-33-34-35-36-37-40-43-46-49-52-55-62(66)71-60(53-50-47-44-41-39-26-23-20-17-14-11-8-2)59(58-70-72(67,68)69-57-56-64(4,5)6)63-61(65)54-51-48-45-42-38-24-21-18-15-12-9-3/h50,53,59-60H,7-49,51-52,54-58H2,1-6H3,(H-,63,65,67,68)/p+1/b53-50-. The van der Waals surface area contributed by atoms with Crippen molar-refractivity contribution in [3.05, 3.63) is 12.2 Å². The third-order valence-corrected chi connectivity index (χ3v) is 15.5. The largest absolute Gasteiger partial charge is 0.472 e. The number of hydrogen-bond donors (Lipinski definition) is 2. The van der Waals surface area contributed by atoms with Crippen molar-refractivity contribution in [2.24, 2.45) is 0 Å². The van der Waals surface area contributed by atoms with Crippen molar-refractivity contribution < 1.29 is 37.3 Å². The highest BCUT2D eigenvalue weighted by atomic mass is 31.2. The lowest BCUT2D eigenvalue weighted by molar-refractivity contribution is -0.870. The van der Waals surface area contributed by atoms with Crippen LogP contribution >= 0.6 is 7.82 Å². The molecule has 10 heteroatoms. The zero-order chi connectivity index (χ0) is 52.9. The molecule has 0 saturated carbocycles. The van der Waals surface area contributed by atoms with Gasteiger partial charge in [-0.15, -0.1) is 0 Å². The Morgan fingerprint density at radius 1 is 0.472 bits per heavy atom. The summed E-state index contributed by atoms with van der Waals surface area (Å²) in [6.07, 6.45) is 60.7. The molecule has 0 aromatic heterocycles. The van der Waals surface area contributed by atoms with Gasteiger partial charge in [0.25, 0.3) is 0 Å². The molecule has 0 saturated heterocycles. The van der Waals surface area contributed by atoms with Gasteiger partial charge in [0.15, 0.2) is 0 Å². The van der Waals surface area contributed by atoms with Crippen LogP contribution in [0.15, 0.2) is 12.2 Å². The maximum Gasteiger partial charge on any atom is 0.472 e. The Balaban J connectivity index is 5.05. The van der Waals surface area contributed by atoms with Crippen LogP contribution in [0.3, 0.4) is 0 Å². The molecule has 0 spiro atoms. The number of ether oxygens (including phenoxy) is 1. The molecule has 0 aromatic rings. The second kappa shape index (κ2) is 53.2. The lowest BCUT2D eigenvalue weighted by atomic mass is 10.0. The molecule has 0 aliphatic carbocycles. The predicted octanol–water partition coefficient (Wildman–Crippen LogP) is 19.2. The Bertz CT molecular complexity index is 1240. The fourth-order valence-corrected chi connectivity index (χ4v) is 10.3. The molecule has 72 heavy (non-hydrogen) atoms. The smallest absolute Gasteiger partial charge is 0.456 e. The number of rotatable bonds is 58. The molecule has 0 heterocycles. The molecular formula is C62H124N2O7P+. The molecule has 0 rings (SSSR count). The molecule has 0 fully saturated rings. The van der Waals surface area contributed by atoms with Crippen LogP contribution < -0.4 is 5.32 Å². The number of allylic oxidation sites excluding steroid dienone is 1. The number of esters is 1. The summed E-state index contributed by atoms with van der Waals surface area (Å²) in [5, 5.41) is 3.06. The van der Waals surface area contributed by atoms with E-state index in [-0.39, 0.29) is 25.1 Å². The van der Waals surface area contributed by atoms with E-state index < -0.39 is 20.0 Å². The summed E-state index contributed by atoms with van der Waals surface area (Å²) in [6, 6.07) is -0.838. The first-order valence-electron chi connectivity index (χ1n) is 31.5. The van der Waals surface area contributed by atoms with E-state index in [4.69, 9.17) is 13.8 Å². The third-order valence-electron chi connectivity index (χ3n) is 14.5. The minimum atomic E-state index is -4.44. The van der Waals surface area contributed by atoms with E-state index in [9.17, 15) is 19.0 Å². The van der Waals surface area contributed by atoms with E-state index in [1.807, 2.05) is 33.3 Å².